The van der Waals surface area contributed by atoms with Crippen LogP contribution in [0, 0.1) is 0 Å². The summed E-state index contributed by atoms with van der Waals surface area (Å²) in [5, 5.41) is 34.3. The standard InChI is InChI=1S/C6H14O4/c1-4(7)5(8)2-3-6(9)10/h4-10H,2-3H2,1H3. The molecule has 0 aromatic carbocycles. The molecule has 0 aromatic rings. The normalized spacial score (nSPS) is 17.4. The SMILES string of the molecule is CC(O)C(O)CCC(O)O. The van der Waals surface area contributed by atoms with Crippen LogP contribution in [0.1, 0.15) is 19.8 Å². The lowest BCUT2D eigenvalue weighted by Gasteiger charge is -2.13. The van der Waals surface area contributed by atoms with E-state index in [0.717, 1.165) is 0 Å². The molecule has 0 rings (SSSR count). The average molecular weight is 150 g/mol. The first-order valence-electron chi connectivity index (χ1n) is 3.26. The third-order valence-corrected chi connectivity index (χ3v) is 1.28. The van der Waals surface area contributed by atoms with E-state index in [1.54, 1.807) is 0 Å². The molecule has 0 aliphatic rings. The van der Waals surface area contributed by atoms with Crippen LogP contribution in [-0.4, -0.2) is 38.9 Å². The van der Waals surface area contributed by atoms with E-state index in [1.165, 1.54) is 6.92 Å². The van der Waals surface area contributed by atoms with Gasteiger partial charge in [-0.25, -0.2) is 0 Å². The van der Waals surface area contributed by atoms with Gasteiger partial charge in [0.2, 0.25) is 0 Å². The van der Waals surface area contributed by atoms with Crippen molar-refractivity contribution < 1.29 is 20.4 Å². The van der Waals surface area contributed by atoms with Crippen molar-refractivity contribution in [2.45, 2.75) is 38.3 Å². The highest BCUT2D eigenvalue weighted by molar-refractivity contribution is 4.61. The van der Waals surface area contributed by atoms with E-state index in [4.69, 9.17) is 20.4 Å². The third-order valence-electron chi connectivity index (χ3n) is 1.28. The average Bonchev–Trinajstić information content (AvgIpc) is 1.82. The van der Waals surface area contributed by atoms with Crippen molar-refractivity contribution in [1.82, 2.24) is 0 Å². The lowest BCUT2D eigenvalue weighted by Crippen LogP contribution is -2.23. The second-order valence-electron chi connectivity index (χ2n) is 2.37. The topological polar surface area (TPSA) is 80.9 Å². The van der Waals surface area contributed by atoms with E-state index in [-0.39, 0.29) is 12.8 Å². The van der Waals surface area contributed by atoms with Gasteiger partial charge in [0.1, 0.15) is 0 Å². The molecule has 0 radical (unpaired) electrons. The maximum absolute atomic E-state index is 8.90. The molecule has 62 valence electrons. The molecule has 0 saturated carbocycles. The molecular formula is C6H14O4. The molecule has 4 heteroatoms. The van der Waals surface area contributed by atoms with Crippen molar-refractivity contribution >= 4 is 0 Å². The Bertz CT molecular complexity index is 81.8. The van der Waals surface area contributed by atoms with Gasteiger partial charge in [0, 0.05) is 6.42 Å². The second kappa shape index (κ2) is 4.62. The summed E-state index contributed by atoms with van der Waals surface area (Å²) in [6.07, 6.45) is -2.77. The summed E-state index contributed by atoms with van der Waals surface area (Å²) in [7, 11) is 0. The Kier molecular flexibility index (Phi) is 4.55. The molecule has 4 nitrogen and oxygen atoms in total. The Labute approximate surface area is 59.7 Å². The van der Waals surface area contributed by atoms with Gasteiger partial charge in [0.05, 0.1) is 12.2 Å². The van der Waals surface area contributed by atoms with Gasteiger partial charge in [0.25, 0.3) is 0 Å². The van der Waals surface area contributed by atoms with Crippen molar-refractivity contribution in [3.8, 4) is 0 Å². The van der Waals surface area contributed by atoms with Crippen LogP contribution in [0.2, 0.25) is 0 Å². The highest BCUT2D eigenvalue weighted by Gasteiger charge is 2.11. The fraction of sp³-hybridized carbons (Fsp3) is 1.00. The summed E-state index contributed by atoms with van der Waals surface area (Å²) in [5.41, 5.74) is 0. The summed E-state index contributed by atoms with van der Waals surface area (Å²) >= 11 is 0. The van der Waals surface area contributed by atoms with Gasteiger partial charge in [-0.15, -0.1) is 0 Å². The van der Waals surface area contributed by atoms with Gasteiger partial charge in [-0.3, -0.25) is 0 Å². The fourth-order valence-electron chi connectivity index (χ4n) is 0.561. The van der Waals surface area contributed by atoms with Gasteiger partial charge in [0.15, 0.2) is 6.29 Å². The highest BCUT2D eigenvalue weighted by Crippen LogP contribution is 2.03. The summed E-state index contributed by atoms with van der Waals surface area (Å²) in [5.74, 6) is 0. The predicted octanol–water partition coefficient (Wildman–Crippen LogP) is -1.18. The van der Waals surface area contributed by atoms with Crippen molar-refractivity contribution in [1.29, 1.82) is 0 Å². The maximum atomic E-state index is 8.90. The molecule has 2 unspecified atom stereocenters. The van der Waals surface area contributed by atoms with Gasteiger partial charge >= 0.3 is 0 Å². The van der Waals surface area contributed by atoms with Crippen molar-refractivity contribution in [3.05, 3.63) is 0 Å². The highest BCUT2D eigenvalue weighted by atomic mass is 16.5. The Morgan fingerprint density at radius 3 is 1.80 bits per heavy atom. The molecule has 2 atom stereocenters. The van der Waals surface area contributed by atoms with E-state index in [0.29, 0.717) is 0 Å². The van der Waals surface area contributed by atoms with Crippen LogP contribution in [0.5, 0.6) is 0 Å². The minimum Gasteiger partial charge on any atom is -0.391 e. The second-order valence-corrected chi connectivity index (χ2v) is 2.37. The number of aliphatic hydroxyl groups is 4. The minimum atomic E-state index is -1.40. The lowest BCUT2D eigenvalue weighted by molar-refractivity contribution is -0.0612. The Morgan fingerprint density at radius 1 is 1.00 bits per heavy atom. The molecule has 0 aromatic heterocycles. The number of hydrogen-bond donors (Lipinski definition) is 4. The van der Waals surface area contributed by atoms with E-state index in [2.05, 4.69) is 0 Å². The molecular weight excluding hydrogens is 136 g/mol. The van der Waals surface area contributed by atoms with E-state index >= 15 is 0 Å². The Balaban J connectivity index is 3.30. The minimum absolute atomic E-state index is 0.0894. The number of hydrogen-bond acceptors (Lipinski definition) is 4. The number of aliphatic hydroxyl groups excluding tert-OH is 3. The van der Waals surface area contributed by atoms with Gasteiger partial charge in [-0.05, 0) is 13.3 Å². The first-order chi connectivity index (χ1) is 4.54. The first kappa shape index (κ1) is 9.84. The van der Waals surface area contributed by atoms with Crippen LogP contribution in [0.25, 0.3) is 0 Å². The largest absolute Gasteiger partial charge is 0.391 e. The molecule has 0 aliphatic heterocycles. The smallest absolute Gasteiger partial charge is 0.151 e. The lowest BCUT2D eigenvalue weighted by atomic mass is 10.1. The van der Waals surface area contributed by atoms with Crippen molar-refractivity contribution in [3.63, 3.8) is 0 Å². The van der Waals surface area contributed by atoms with Crippen LogP contribution in [0.3, 0.4) is 0 Å². The maximum Gasteiger partial charge on any atom is 0.151 e. The zero-order valence-corrected chi connectivity index (χ0v) is 5.94. The molecule has 0 bridgehead atoms. The molecule has 0 saturated heterocycles. The molecule has 0 fully saturated rings. The van der Waals surface area contributed by atoms with Gasteiger partial charge < -0.3 is 20.4 Å². The van der Waals surface area contributed by atoms with Gasteiger partial charge in [-0.2, -0.15) is 0 Å². The summed E-state index contributed by atoms with van der Waals surface area (Å²) < 4.78 is 0. The van der Waals surface area contributed by atoms with Crippen LogP contribution in [-0.2, 0) is 0 Å². The van der Waals surface area contributed by atoms with Crippen LogP contribution < -0.4 is 0 Å². The monoisotopic (exact) mass is 150 g/mol. The zero-order chi connectivity index (χ0) is 8.15. The summed E-state index contributed by atoms with van der Waals surface area (Å²) in [6.45, 7) is 1.45. The van der Waals surface area contributed by atoms with E-state index in [1.807, 2.05) is 0 Å². The van der Waals surface area contributed by atoms with Crippen LogP contribution >= 0.6 is 0 Å². The van der Waals surface area contributed by atoms with Crippen LogP contribution in [0.15, 0.2) is 0 Å². The van der Waals surface area contributed by atoms with Crippen LogP contribution in [0.4, 0.5) is 0 Å². The summed E-state index contributed by atoms with van der Waals surface area (Å²) in [4.78, 5) is 0. The summed E-state index contributed by atoms with van der Waals surface area (Å²) in [6, 6.07) is 0. The van der Waals surface area contributed by atoms with Crippen molar-refractivity contribution in [2.75, 3.05) is 0 Å². The predicted molar refractivity (Wildman–Crippen MR) is 35.1 cm³/mol. The zero-order valence-electron chi connectivity index (χ0n) is 5.94. The van der Waals surface area contributed by atoms with E-state index in [9.17, 15) is 0 Å². The Morgan fingerprint density at radius 2 is 1.50 bits per heavy atom. The Hall–Kier alpha value is -0.160. The molecule has 4 N–H and O–H groups in total. The van der Waals surface area contributed by atoms with Gasteiger partial charge in [-0.1, -0.05) is 0 Å². The third kappa shape index (κ3) is 4.69. The molecule has 0 aliphatic carbocycles. The fourth-order valence-corrected chi connectivity index (χ4v) is 0.561. The molecule has 10 heavy (non-hydrogen) atoms. The quantitative estimate of drug-likeness (QED) is 0.380. The number of rotatable bonds is 4. The molecule has 0 amide bonds. The van der Waals surface area contributed by atoms with E-state index < -0.39 is 18.5 Å². The first-order valence-corrected chi connectivity index (χ1v) is 3.26. The molecule has 0 heterocycles. The molecule has 0 spiro atoms. The van der Waals surface area contributed by atoms with Crippen molar-refractivity contribution in [2.24, 2.45) is 0 Å².